The molecule has 1 unspecified atom stereocenters. The summed E-state index contributed by atoms with van der Waals surface area (Å²) in [5, 5.41) is 0. The second kappa shape index (κ2) is 6.53. The summed E-state index contributed by atoms with van der Waals surface area (Å²) < 4.78 is 1.16. The summed E-state index contributed by atoms with van der Waals surface area (Å²) in [7, 11) is 0. The first-order valence-corrected chi connectivity index (χ1v) is 7.02. The van der Waals surface area contributed by atoms with E-state index in [2.05, 4.69) is 66.7 Å². The first kappa shape index (κ1) is 14.7. The van der Waals surface area contributed by atoms with Crippen molar-refractivity contribution < 1.29 is 0 Å². The molecule has 1 atom stereocenters. The molecule has 1 rings (SSSR count). The van der Waals surface area contributed by atoms with Crippen LogP contribution in [0.1, 0.15) is 37.9 Å². The second-order valence-corrected chi connectivity index (χ2v) is 5.54. The number of halogens is 1. The highest BCUT2D eigenvalue weighted by Crippen LogP contribution is 2.25. The number of hydrogen-bond donors (Lipinski definition) is 1. The molecule has 1 aromatic rings. The fourth-order valence-electron chi connectivity index (χ4n) is 2.28. The zero-order valence-electron chi connectivity index (χ0n) is 11.2. The highest BCUT2D eigenvalue weighted by Gasteiger charge is 2.20. The van der Waals surface area contributed by atoms with E-state index in [1.165, 1.54) is 11.1 Å². The average Bonchev–Trinajstić information content (AvgIpc) is 2.29. The largest absolute Gasteiger partial charge is 0.329 e. The lowest BCUT2D eigenvalue weighted by molar-refractivity contribution is 0.166. The summed E-state index contributed by atoms with van der Waals surface area (Å²) in [6.45, 7) is 10.4. The van der Waals surface area contributed by atoms with Crippen molar-refractivity contribution in [1.82, 2.24) is 4.90 Å². The number of nitrogens with zero attached hydrogens (tertiary/aromatic N) is 1. The summed E-state index contributed by atoms with van der Waals surface area (Å²) in [6, 6.07) is 7.33. The SMILES string of the molecule is CCN(C(C)C)C(CN)c1ccc(Br)c(C)c1. The van der Waals surface area contributed by atoms with Crippen LogP contribution in [0.4, 0.5) is 0 Å². The first-order valence-electron chi connectivity index (χ1n) is 6.23. The smallest absolute Gasteiger partial charge is 0.0473 e. The number of aryl methyl sites for hydroxylation is 1. The first-order chi connectivity index (χ1) is 8.01. The van der Waals surface area contributed by atoms with E-state index in [1.807, 2.05) is 0 Å². The molecular weight excluding hydrogens is 276 g/mol. The molecule has 0 saturated carbocycles. The number of benzene rings is 1. The molecule has 0 amide bonds. The van der Waals surface area contributed by atoms with Crippen LogP contribution < -0.4 is 5.73 Å². The summed E-state index contributed by atoms with van der Waals surface area (Å²) in [5.74, 6) is 0. The van der Waals surface area contributed by atoms with Crippen LogP contribution in [0.25, 0.3) is 0 Å². The molecule has 0 saturated heterocycles. The Bertz CT molecular complexity index is 363. The van der Waals surface area contributed by atoms with Gasteiger partial charge in [0.25, 0.3) is 0 Å². The van der Waals surface area contributed by atoms with Crippen LogP contribution in [-0.2, 0) is 0 Å². The van der Waals surface area contributed by atoms with Crippen LogP contribution in [0, 0.1) is 6.92 Å². The Morgan fingerprint density at radius 1 is 1.35 bits per heavy atom. The quantitative estimate of drug-likeness (QED) is 0.902. The Morgan fingerprint density at radius 3 is 2.41 bits per heavy atom. The van der Waals surface area contributed by atoms with Gasteiger partial charge < -0.3 is 5.73 Å². The molecule has 0 aliphatic carbocycles. The minimum absolute atomic E-state index is 0.312. The van der Waals surface area contributed by atoms with Gasteiger partial charge in [0.1, 0.15) is 0 Å². The standard InChI is InChI=1S/C14H23BrN2/c1-5-17(10(2)3)14(9-16)12-6-7-13(15)11(4)8-12/h6-8,10,14H,5,9,16H2,1-4H3. The highest BCUT2D eigenvalue weighted by atomic mass is 79.9. The Balaban J connectivity index is 3.03. The van der Waals surface area contributed by atoms with E-state index in [0.29, 0.717) is 18.6 Å². The van der Waals surface area contributed by atoms with E-state index in [4.69, 9.17) is 5.73 Å². The minimum atomic E-state index is 0.312. The Hall–Kier alpha value is -0.380. The van der Waals surface area contributed by atoms with E-state index in [1.54, 1.807) is 0 Å². The molecule has 0 radical (unpaired) electrons. The predicted octanol–water partition coefficient (Wildman–Crippen LogP) is 3.49. The van der Waals surface area contributed by atoms with Gasteiger partial charge in [0.2, 0.25) is 0 Å². The van der Waals surface area contributed by atoms with Crippen LogP contribution in [0.2, 0.25) is 0 Å². The number of hydrogen-bond acceptors (Lipinski definition) is 2. The third kappa shape index (κ3) is 3.54. The Morgan fingerprint density at radius 2 is 2.00 bits per heavy atom. The summed E-state index contributed by atoms with van der Waals surface area (Å²) >= 11 is 3.54. The third-order valence-corrected chi connectivity index (χ3v) is 4.11. The lowest BCUT2D eigenvalue weighted by atomic mass is 10.0. The lowest BCUT2D eigenvalue weighted by Crippen LogP contribution is -2.38. The monoisotopic (exact) mass is 298 g/mol. The fourth-order valence-corrected chi connectivity index (χ4v) is 2.53. The van der Waals surface area contributed by atoms with E-state index < -0.39 is 0 Å². The van der Waals surface area contributed by atoms with Gasteiger partial charge in [-0.15, -0.1) is 0 Å². The lowest BCUT2D eigenvalue weighted by Gasteiger charge is -2.33. The zero-order valence-corrected chi connectivity index (χ0v) is 12.8. The molecule has 96 valence electrons. The van der Waals surface area contributed by atoms with E-state index in [9.17, 15) is 0 Å². The van der Waals surface area contributed by atoms with Crippen molar-refractivity contribution in [2.45, 2.75) is 39.8 Å². The normalized spacial score (nSPS) is 13.4. The number of rotatable bonds is 5. The van der Waals surface area contributed by atoms with Crippen molar-refractivity contribution in [3.8, 4) is 0 Å². The van der Waals surface area contributed by atoms with Gasteiger partial charge >= 0.3 is 0 Å². The molecule has 2 nitrogen and oxygen atoms in total. The third-order valence-electron chi connectivity index (χ3n) is 3.22. The molecule has 1 aromatic carbocycles. The Labute approximate surface area is 113 Å². The van der Waals surface area contributed by atoms with E-state index in [0.717, 1.165) is 11.0 Å². The van der Waals surface area contributed by atoms with Gasteiger partial charge in [-0.25, -0.2) is 0 Å². The van der Waals surface area contributed by atoms with Crippen molar-refractivity contribution in [3.05, 3.63) is 33.8 Å². The second-order valence-electron chi connectivity index (χ2n) is 4.68. The molecule has 0 aromatic heterocycles. The van der Waals surface area contributed by atoms with Crippen LogP contribution >= 0.6 is 15.9 Å². The van der Waals surface area contributed by atoms with Gasteiger partial charge in [0.15, 0.2) is 0 Å². The van der Waals surface area contributed by atoms with Gasteiger partial charge in [0, 0.05) is 23.1 Å². The molecule has 0 aliphatic rings. The summed E-state index contributed by atoms with van der Waals surface area (Å²) in [4.78, 5) is 2.43. The van der Waals surface area contributed by atoms with Crippen LogP contribution in [-0.4, -0.2) is 24.0 Å². The molecule has 3 heteroatoms. The van der Waals surface area contributed by atoms with Crippen LogP contribution in [0.5, 0.6) is 0 Å². The van der Waals surface area contributed by atoms with Gasteiger partial charge in [-0.2, -0.15) is 0 Å². The maximum absolute atomic E-state index is 5.95. The fraction of sp³-hybridized carbons (Fsp3) is 0.571. The van der Waals surface area contributed by atoms with Gasteiger partial charge in [-0.3, -0.25) is 4.90 Å². The number of nitrogens with two attached hydrogens (primary N) is 1. The van der Waals surface area contributed by atoms with Gasteiger partial charge in [-0.1, -0.05) is 35.0 Å². The molecule has 2 N–H and O–H groups in total. The molecule has 0 aliphatic heterocycles. The number of likely N-dealkylation sites (N-methyl/N-ethyl adjacent to an activating group) is 1. The average molecular weight is 299 g/mol. The van der Waals surface area contributed by atoms with Gasteiger partial charge in [0.05, 0.1) is 0 Å². The van der Waals surface area contributed by atoms with Crippen LogP contribution in [0.15, 0.2) is 22.7 Å². The van der Waals surface area contributed by atoms with Crippen LogP contribution in [0.3, 0.4) is 0 Å². The van der Waals surface area contributed by atoms with E-state index in [-0.39, 0.29) is 0 Å². The molecule has 0 fully saturated rings. The van der Waals surface area contributed by atoms with Crippen molar-refractivity contribution in [3.63, 3.8) is 0 Å². The highest BCUT2D eigenvalue weighted by molar-refractivity contribution is 9.10. The van der Waals surface area contributed by atoms with Gasteiger partial charge in [-0.05, 0) is 44.5 Å². The van der Waals surface area contributed by atoms with Crippen molar-refractivity contribution in [1.29, 1.82) is 0 Å². The summed E-state index contributed by atoms with van der Waals surface area (Å²) in [5.41, 5.74) is 8.53. The Kier molecular flexibility index (Phi) is 5.63. The van der Waals surface area contributed by atoms with Crippen molar-refractivity contribution in [2.75, 3.05) is 13.1 Å². The van der Waals surface area contributed by atoms with Crippen molar-refractivity contribution in [2.24, 2.45) is 5.73 Å². The van der Waals surface area contributed by atoms with Crippen molar-refractivity contribution >= 4 is 15.9 Å². The molecule has 17 heavy (non-hydrogen) atoms. The maximum Gasteiger partial charge on any atom is 0.0473 e. The molecule has 0 heterocycles. The molecule has 0 spiro atoms. The molecular formula is C14H23BrN2. The minimum Gasteiger partial charge on any atom is -0.329 e. The maximum atomic E-state index is 5.95. The topological polar surface area (TPSA) is 29.3 Å². The molecule has 0 bridgehead atoms. The summed E-state index contributed by atoms with van der Waals surface area (Å²) in [6.07, 6.45) is 0. The van der Waals surface area contributed by atoms with E-state index >= 15 is 0 Å². The predicted molar refractivity (Wildman–Crippen MR) is 78.2 cm³/mol. The zero-order chi connectivity index (χ0) is 13.0.